The van der Waals surface area contributed by atoms with Crippen molar-refractivity contribution in [3.05, 3.63) is 0 Å². The van der Waals surface area contributed by atoms with Crippen LogP contribution in [0.3, 0.4) is 0 Å². The van der Waals surface area contributed by atoms with E-state index in [1.807, 2.05) is 0 Å². The van der Waals surface area contributed by atoms with Gasteiger partial charge in [-0.2, -0.15) is 0 Å². The third-order valence-corrected chi connectivity index (χ3v) is 3.36. The van der Waals surface area contributed by atoms with Gasteiger partial charge in [0.05, 0.1) is 12.7 Å². The summed E-state index contributed by atoms with van der Waals surface area (Å²) in [6.07, 6.45) is 10.2. The number of rotatable bonds is 7. The third-order valence-electron chi connectivity index (χ3n) is 3.36. The average Bonchev–Trinajstić information content (AvgIpc) is 2.87. The molecule has 2 saturated carbocycles. The zero-order valence-electron chi connectivity index (χ0n) is 9.13. The molecule has 0 aliphatic heterocycles. The Morgan fingerprint density at radius 2 is 1.79 bits per heavy atom. The Kier molecular flexibility index (Phi) is 4.26. The van der Waals surface area contributed by atoms with E-state index in [1.54, 1.807) is 0 Å². The first-order chi connectivity index (χ1) is 6.95. The van der Waals surface area contributed by atoms with Gasteiger partial charge in [-0.15, -0.1) is 0 Å². The molecule has 2 heteroatoms. The molecule has 0 amide bonds. The Morgan fingerprint density at radius 3 is 2.50 bits per heavy atom. The summed E-state index contributed by atoms with van der Waals surface area (Å²) in [5.74, 6) is 1.05. The fourth-order valence-corrected chi connectivity index (χ4v) is 2.19. The van der Waals surface area contributed by atoms with Gasteiger partial charge in [-0.3, -0.25) is 0 Å². The number of hydrogen-bond acceptors (Lipinski definition) is 2. The van der Waals surface area contributed by atoms with E-state index in [2.05, 4.69) is 5.32 Å². The third kappa shape index (κ3) is 3.97. The predicted molar refractivity (Wildman–Crippen MR) is 58.4 cm³/mol. The SMILES string of the molecule is C1CCC(OCCNCCC2CC2)C1. The van der Waals surface area contributed by atoms with Gasteiger partial charge in [0.15, 0.2) is 0 Å². The second-order valence-electron chi connectivity index (χ2n) is 4.76. The first kappa shape index (κ1) is 10.4. The van der Waals surface area contributed by atoms with Crippen LogP contribution in [-0.2, 0) is 4.74 Å². The molecule has 2 aliphatic rings. The van der Waals surface area contributed by atoms with Crippen LogP contribution in [0.15, 0.2) is 0 Å². The molecule has 1 N–H and O–H groups in total. The minimum atomic E-state index is 0.584. The van der Waals surface area contributed by atoms with Crippen LogP contribution in [0.5, 0.6) is 0 Å². The zero-order chi connectivity index (χ0) is 9.64. The van der Waals surface area contributed by atoms with Gasteiger partial charge in [-0.25, -0.2) is 0 Å². The minimum absolute atomic E-state index is 0.584. The van der Waals surface area contributed by atoms with E-state index >= 15 is 0 Å². The van der Waals surface area contributed by atoms with Gasteiger partial charge in [0.2, 0.25) is 0 Å². The summed E-state index contributed by atoms with van der Waals surface area (Å²) in [4.78, 5) is 0. The van der Waals surface area contributed by atoms with Crippen molar-refractivity contribution in [3.63, 3.8) is 0 Å². The van der Waals surface area contributed by atoms with Crippen molar-refractivity contribution in [2.75, 3.05) is 19.7 Å². The van der Waals surface area contributed by atoms with E-state index in [4.69, 9.17) is 4.74 Å². The van der Waals surface area contributed by atoms with E-state index in [0.29, 0.717) is 6.10 Å². The molecule has 0 heterocycles. The van der Waals surface area contributed by atoms with E-state index in [-0.39, 0.29) is 0 Å². The van der Waals surface area contributed by atoms with Crippen LogP contribution in [-0.4, -0.2) is 25.8 Å². The summed E-state index contributed by atoms with van der Waals surface area (Å²) in [6, 6.07) is 0. The van der Waals surface area contributed by atoms with Gasteiger partial charge in [-0.1, -0.05) is 25.7 Å². The number of ether oxygens (including phenoxy) is 1. The van der Waals surface area contributed by atoms with Gasteiger partial charge in [0, 0.05) is 6.54 Å². The van der Waals surface area contributed by atoms with E-state index in [9.17, 15) is 0 Å². The summed E-state index contributed by atoms with van der Waals surface area (Å²) < 4.78 is 5.76. The maximum Gasteiger partial charge on any atom is 0.0594 e. The summed E-state index contributed by atoms with van der Waals surface area (Å²) in [7, 11) is 0. The fourth-order valence-electron chi connectivity index (χ4n) is 2.19. The smallest absolute Gasteiger partial charge is 0.0594 e. The lowest BCUT2D eigenvalue weighted by atomic mass is 10.3. The van der Waals surface area contributed by atoms with Crippen molar-refractivity contribution in [2.24, 2.45) is 5.92 Å². The molecule has 0 atom stereocenters. The van der Waals surface area contributed by atoms with Gasteiger partial charge in [-0.05, 0) is 31.7 Å². The van der Waals surface area contributed by atoms with Crippen LogP contribution in [0.1, 0.15) is 44.9 Å². The molecular formula is C12H23NO. The highest BCUT2D eigenvalue weighted by molar-refractivity contribution is 4.73. The minimum Gasteiger partial charge on any atom is -0.377 e. The normalized spacial score (nSPS) is 23.1. The molecule has 0 radical (unpaired) electrons. The van der Waals surface area contributed by atoms with Crippen LogP contribution < -0.4 is 5.32 Å². The van der Waals surface area contributed by atoms with Crippen molar-refractivity contribution in [2.45, 2.75) is 51.0 Å². The van der Waals surface area contributed by atoms with Crippen LogP contribution in [0.4, 0.5) is 0 Å². The number of nitrogens with one attached hydrogen (secondary N) is 1. The largest absolute Gasteiger partial charge is 0.377 e. The fraction of sp³-hybridized carbons (Fsp3) is 1.00. The van der Waals surface area contributed by atoms with E-state index < -0.39 is 0 Å². The van der Waals surface area contributed by atoms with E-state index in [0.717, 1.165) is 19.1 Å². The Balaban J connectivity index is 1.35. The lowest BCUT2D eigenvalue weighted by Crippen LogP contribution is -2.23. The van der Waals surface area contributed by atoms with Crippen molar-refractivity contribution >= 4 is 0 Å². The maximum atomic E-state index is 5.76. The molecule has 0 saturated heterocycles. The Morgan fingerprint density at radius 1 is 1.00 bits per heavy atom. The van der Waals surface area contributed by atoms with Crippen molar-refractivity contribution in [1.82, 2.24) is 5.32 Å². The lowest BCUT2D eigenvalue weighted by Gasteiger charge is -2.11. The summed E-state index contributed by atoms with van der Waals surface area (Å²) in [5, 5.41) is 3.46. The molecule has 2 fully saturated rings. The van der Waals surface area contributed by atoms with Crippen LogP contribution >= 0.6 is 0 Å². The Labute approximate surface area is 87.4 Å². The maximum absolute atomic E-state index is 5.76. The molecule has 0 unspecified atom stereocenters. The van der Waals surface area contributed by atoms with Crippen LogP contribution in [0, 0.1) is 5.92 Å². The molecule has 82 valence electrons. The lowest BCUT2D eigenvalue weighted by molar-refractivity contribution is 0.0604. The second kappa shape index (κ2) is 5.72. The molecule has 0 aromatic rings. The summed E-state index contributed by atoms with van der Waals surface area (Å²) >= 11 is 0. The van der Waals surface area contributed by atoms with Crippen molar-refractivity contribution in [3.8, 4) is 0 Å². The first-order valence-electron chi connectivity index (χ1n) is 6.27. The van der Waals surface area contributed by atoms with Gasteiger partial charge in [0.1, 0.15) is 0 Å². The van der Waals surface area contributed by atoms with Gasteiger partial charge >= 0.3 is 0 Å². The van der Waals surface area contributed by atoms with Crippen molar-refractivity contribution < 1.29 is 4.74 Å². The molecule has 0 aromatic carbocycles. The average molecular weight is 197 g/mol. The predicted octanol–water partition coefficient (Wildman–Crippen LogP) is 2.34. The monoisotopic (exact) mass is 197 g/mol. The molecular weight excluding hydrogens is 174 g/mol. The topological polar surface area (TPSA) is 21.3 Å². The zero-order valence-corrected chi connectivity index (χ0v) is 9.13. The quantitative estimate of drug-likeness (QED) is 0.632. The molecule has 2 rings (SSSR count). The van der Waals surface area contributed by atoms with Crippen molar-refractivity contribution in [1.29, 1.82) is 0 Å². The molecule has 0 aromatic heterocycles. The standard InChI is InChI=1S/C12H23NO/c1-2-4-12(3-1)14-10-9-13-8-7-11-5-6-11/h11-13H,1-10H2. The molecule has 14 heavy (non-hydrogen) atoms. The second-order valence-corrected chi connectivity index (χ2v) is 4.76. The van der Waals surface area contributed by atoms with Crippen LogP contribution in [0.2, 0.25) is 0 Å². The summed E-state index contributed by atoms with van der Waals surface area (Å²) in [6.45, 7) is 3.15. The first-order valence-corrected chi connectivity index (χ1v) is 6.27. The highest BCUT2D eigenvalue weighted by atomic mass is 16.5. The molecule has 2 aliphatic carbocycles. The van der Waals surface area contributed by atoms with Gasteiger partial charge in [0.25, 0.3) is 0 Å². The highest BCUT2D eigenvalue weighted by Gasteiger charge is 2.20. The molecule has 0 bridgehead atoms. The highest BCUT2D eigenvalue weighted by Crippen LogP contribution is 2.31. The summed E-state index contributed by atoms with van der Waals surface area (Å²) in [5.41, 5.74) is 0. The Bertz CT molecular complexity index is 150. The Hall–Kier alpha value is -0.0800. The van der Waals surface area contributed by atoms with Crippen LogP contribution in [0.25, 0.3) is 0 Å². The number of hydrogen-bond donors (Lipinski definition) is 1. The molecule has 0 spiro atoms. The van der Waals surface area contributed by atoms with E-state index in [1.165, 1.54) is 51.5 Å². The molecule has 2 nitrogen and oxygen atoms in total. The van der Waals surface area contributed by atoms with Gasteiger partial charge < -0.3 is 10.1 Å².